The smallest absolute Gasteiger partial charge is 0.115 e. The minimum Gasteiger partial charge on any atom is -0.508 e. The van der Waals surface area contributed by atoms with E-state index in [-0.39, 0.29) is 0 Å². The van der Waals surface area contributed by atoms with Gasteiger partial charge in [0.25, 0.3) is 0 Å². The van der Waals surface area contributed by atoms with Crippen LogP contribution in [0, 0.1) is 11.8 Å². The fourth-order valence-electron chi connectivity index (χ4n) is 2.89. The second-order valence-corrected chi connectivity index (χ2v) is 5.91. The van der Waals surface area contributed by atoms with Gasteiger partial charge < -0.3 is 10.4 Å². The first-order valence-corrected chi connectivity index (χ1v) is 7.16. The molecule has 1 aliphatic carbocycles. The molecule has 0 aliphatic heterocycles. The summed E-state index contributed by atoms with van der Waals surface area (Å²) in [5.74, 6) is 2.04. The predicted octanol–water partition coefficient (Wildman–Crippen LogP) is 3.70. The Morgan fingerprint density at radius 2 is 1.94 bits per heavy atom. The van der Waals surface area contributed by atoms with Gasteiger partial charge in [-0.1, -0.05) is 38.8 Å². The van der Waals surface area contributed by atoms with Crippen LogP contribution in [0.5, 0.6) is 5.75 Å². The highest BCUT2D eigenvalue weighted by atomic mass is 16.3. The van der Waals surface area contributed by atoms with Crippen molar-refractivity contribution in [3.63, 3.8) is 0 Å². The van der Waals surface area contributed by atoms with E-state index in [4.69, 9.17) is 0 Å². The summed E-state index contributed by atoms with van der Waals surface area (Å²) in [5, 5.41) is 12.9. The molecule has 100 valence electrons. The molecule has 2 atom stereocenters. The fourth-order valence-corrected chi connectivity index (χ4v) is 2.89. The number of phenols is 1. The summed E-state index contributed by atoms with van der Waals surface area (Å²) < 4.78 is 0. The quantitative estimate of drug-likeness (QED) is 0.850. The molecule has 1 saturated carbocycles. The van der Waals surface area contributed by atoms with E-state index in [1.165, 1.54) is 31.2 Å². The number of hydrogen-bond donors (Lipinski definition) is 2. The van der Waals surface area contributed by atoms with Gasteiger partial charge in [-0.05, 0) is 42.4 Å². The Balaban J connectivity index is 1.81. The molecule has 2 rings (SSSR count). The first kappa shape index (κ1) is 13.4. The number of aromatic hydroxyl groups is 1. The molecule has 1 aromatic rings. The van der Waals surface area contributed by atoms with E-state index >= 15 is 0 Å². The monoisotopic (exact) mass is 247 g/mol. The molecular formula is C16H25NO. The molecule has 0 bridgehead atoms. The molecule has 0 saturated heterocycles. The second kappa shape index (κ2) is 6.24. The molecule has 0 spiro atoms. The van der Waals surface area contributed by atoms with Gasteiger partial charge in [0.15, 0.2) is 0 Å². The zero-order chi connectivity index (χ0) is 13.0. The van der Waals surface area contributed by atoms with Crippen molar-refractivity contribution in [1.29, 1.82) is 0 Å². The largest absolute Gasteiger partial charge is 0.508 e. The summed E-state index contributed by atoms with van der Waals surface area (Å²) in [7, 11) is 0. The summed E-state index contributed by atoms with van der Waals surface area (Å²) in [6.45, 7) is 5.59. The summed E-state index contributed by atoms with van der Waals surface area (Å²) in [6, 6.07) is 8.17. The van der Waals surface area contributed by atoms with Crippen molar-refractivity contribution in [2.75, 3.05) is 0 Å². The molecule has 1 aliphatic rings. The van der Waals surface area contributed by atoms with Crippen LogP contribution < -0.4 is 5.32 Å². The van der Waals surface area contributed by atoms with E-state index in [0.717, 1.165) is 18.4 Å². The molecule has 0 radical (unpaired) electrons. The van der Waals surface area contributed by atoms with Crippen molar-refractivity contribution in [2.45, 2.75) is 52.1 Å². The second-order valence-electron chi connectivity index (χ2n) is 5.91. The topological polar surface area (TPSA) is 32.3 Å². The van der Waals surface area contributed by atoms with E-state index in [9.17, 15) is 5.11 Å². The summed E-state index contributed by atoms with van der Waals surface area (Å²) in [6.07, 6.45) is 5.38. The van der Waals surface area contributed by atoms with Crippen LogP contribution in [0.1, 0.15) is 45.1 Å². The highest BCUT2D eigenvalue weighted by Gasteiger charge is 2.23. The van der Waals surface area contributed by atoms with Gasteiger partial charge in [0.1, 0.15) is 5.75 Å². The third-order valence-electron chi connectivity index (χ3n) is 4.19. The summed E-state index contributed by atoms with van der Waals surface area (Å²) >= 11 is 0. The average molecular weight is 247 g/mol. The molecule has 0 aromatic heterocycles. The van der Waals surface area contributed by atoms with Gasteiger partial charge in [-0.2, -0.15) is 0 Å². The predicted molar refractivity (Wildman–Crippen MR) is 75.5 cm³/mol. The molecule has 1 fully saturated rings. The van der Waals surface area contributed by atoms with Crippen molar-refractivity contribution in [2.24, 2.45) is 11.8 Å². The molecule has 2 unspecified atom stereocenters. The van der Waals surface area contributed by atoms with Crippen molar-refractivity contribution in [3.8, 4) is 5.75 Å². The lowest BCUT2D eigenvalue weighted by molar-refractivity contribution is 0.231. The van der Waals surface area contributed by atoms with Gasteiger partial charge in [-0.25, -0.2) is 0 Å². The zero-order valence-electron chi connectivity index (χ0n) is 11.5. The Morgan fingerprint density at radius 3 is 2.61 bits per heavy atom. The van der Waals surface area contributed by atoms with Crippen LogP contribution in [0.25, 0.3) is 0 Å². The van der Waals surface area contributed by atoms with Crippen LogP contribution in [-0.4, -0.2) is 11.1 Å². The minimum absolute atomic E-state index is 0.344. The molecule has 2 N–H and O–H groups in total. The normalized spacial score (nSPS) is 24.4. The van der Waals surface area contributed by atoms with Crippen molar-refractivity contribution < 1.29 is 5.11 Å². The maximum Gasteiger partial charge on any atom is 0.115 e. The molecule has 18 heavy (non-hydrogen) atoms. The maximum atomic E-state index is 9.25. The molecule has 0 amide bonds. The first-order valence-electron chi connectivity index (χ1n) is 7.16. The van der Waals surface area contributed by atoms with Crippen LogP contribution in [0.2, 0.25) is 0 Å². The van der Waals surface area contributed by atoms with Gasteiger partial charge in [0.2, 0.25) is 0 Å². The van der Waals surface area contributed by atoms with Gasteiger partial charge in [-0.3, -0.25) is 0 Å². The van der Waals surface area contributed by atoms with Crippen LogP contribution >= 0.6 is 0 Å². The van der Waals surface area contributed by atoms with Crippen LogP contribution in [0.4, 0.5) is 0 Å². The van der Waals surface area contributed by atoms with E-state index in [1.807, 2.05) is 12.1 Å². The summed E-state index contributed by atoms with van der Waals surface area (Å²) in [5.41, 5.74) is 1.25. The van der Waals surface area contributed by atoms with Gasteiger partial charge >= 0.3 is 0 Å². The summed E-state index contributed by atoms with van der Waals surface area (Å²) in [4.78, 5) is 0. The van der Waals surface area contributed by atoms with E-state index < -0.39 is 0 Å². The number of benzene rings is 1. The number of nitrogens with one attached hydrogen (secondary N) is 1. The zero-order valence-corrected chi connectivity index (χ0v) is 11.5. The standard InChI is InChI=1S/C16H25NO/c1-12(2)14-4-3-5-15(10-14)17-11-13-6-8-16(18)9-7-13/h6-9,12,14-15,17-18H,3-5,10-11H2,1-2H3. The molecular weight excluding hydrogens is 222 g/mol. The molecule has 2 heteroatoms. The highest BCUT2D eigenvalue weighted by Crippen LogP contribution is 2.30. The van der Waals surface area contributed by atoms with Crippen molar-refractivity contribution in [1.82, 2.24) is 5.32 Å². The lowest BCUT2D eigenvalue weighted by atomic mass is 9.79. The number of rotatable bonds is 4. The average Bonchev–Trinajstić information content (AvgIpc) is 2.38. The van der Waals surface area contributed by atoms with Crippen LogP contribution in [0.3, 0.4) is 0 Å². The van der Waals surface area contributed by atoms with Crippen LogP contribution in [-0.2, 0) is 6.54 Å². The molecule has 0 heterocycles. The van der Waals surface area contributed by atoms with E-state index in [2.05, 4.69) is 19.2 Å². The fraction of sp³-hybridized carbons (Fsp3) is 0.625. The maximum absolute atomic E-state index is 9.25. The lowest BCUT2D eigenvalue weighted by Gasteiger charge is -2.32. The third kappa shape index (κ3) is 3.74. The Hall–Kier alpha value is -1.02. The van der Waals surface area contributed by atoms with Crippen molar-refractivity contribution >= 4 is 0 Å². The van der Waals surface area contributed by atoms with Gasteiger partial charge in [0.05, 0.1) is 0 Å². The minimum atomic E-state index is 0.344. The van der Waals surface area contributed by atoms with Gasteiger partial charge in [0, 0.05) is 12.6 Å². The Bertz CT molecular complexity index is 358. The van der Waals surface area contributed by atoms with E-state index in [0.29, 0.717) is 11.8 Å². The van der Waals surface area contributed by atoms with Gasteiger partial charge in [-0.15, -0.1) is 0 Å². The molecule has 2 nitrogen and oxygen atoms in total. The highest BCUT2D eigenvalue weighted by molar-refractivity contribution is 5.25. The SMILES string of the molecule is CC(C)C1CCCC(NCc2ccc(O)cc2)C1. The Kier molecular flexibility index (Phi) is 4.65. The Morgan fingerprint density at radius 1 is 1.22 bits per heavy atom. The number of hydrogen-bond acceptors (Lipinski definition) is 2. The number of phenolic OH excluding ortho intramolecular Hbond substituents is 1. The van der Waals surface area contributed by atoms with Crippen molar-refractivity contribution in [3.05, 3.63) is 29.8 Å². The lowest BCUT2D eigenvalue weighted by Crippen LogP contribution is -2.35. The Labute approximate surface area is 110 Å². The van der Waals surface area contributed by atoms with Crippen LogP contribution in [0.15, 0.2) is 24.3 Å². The van der Waals surface area contributed by atoms with E-state index in [1.54, 1.807) is 12.1 Å². The molecule has 1 aromatic carbocycles. The third-order valence-corrected chi connectivity index (χ3v) is 4.19. The first-order chi connectivity index (χ1) is 8.65.